The van der Waals surface area contributed by atoms with Crippen molar-refractivity contribution in [1.82, 2.24) is 4.98 Å². The number of hydrogen-bond acceptors (Lipinski definition) is 6. The molecule has 0 saturated heterocycles. The van der Waals surface area contributed by atoms with Crippen molar-refractivity contribution >= 4 is 17.3 Å². The van der Waals surface area contributed by atoms with Gasteiger partial charge in [-0.05, 0) is 19.8 Å². The van der Waals surface area contributed by atoms with Gasteiger partial charge in [-0.3, -0.25) is 10.1 Å². The van der Waals surface area contributed by atoms with Crippen LogP contribution in [0.5, 0.6) is 0 Å². The van der Waals surface area contributed by atoms with E-state index in [0.29, 0.717) is 18.1 Å². The number of nitrogens with one attached hydrogen (secondary N) is 2. The zero-order chi connectivity index (χ0) is 14.5. The molecule has 7 heteroatoms. The van der Waals surface area contributed by atoms with Gasteiger partial charge in [0, 0.05) is 19.2 Å². The van der Waals surface area contributed by atoms with Crippen molar-refractivity contribution in [3.05, 3.63) is 22.2 Å². The fourth-order valence-corrected chi connectivity index (χ4v) is 1.70. The molecule has 106 valence electrons. The van der Waals surface area contributed by atoms with E-state index in [1.54, 1.807) is 7.05 Å². The molecule has 19 heavy (non-hydrogen) atoms. The van der Waals surface area contributed by atoms with Gasteiger partial charge in [0.05, 0.1) is 17.1 Å². The first-order chi connectivity index (χ1) is 8.94. The minimum Gasteiger partial charge on any atom is -0.396 e. The van der Waals surface area contributed by atoms with Gasteiger partial charge in [-0.1, -0.05) is 6.92 Å². The number of nitro groups is 1. The Balaban J connectivity index is 3.05. The summed E-state index contributed by atoms with van der Waals surface area (Å²) in [5.74, 6) is 0.857. The Kier molecular flexibility index (Phi) is 5.05. The molecule has 1 heterocycles. The SMILES string of the molecule is CCC(C)(CCO)Nc1cc([N+](=O)[O-])cc(NC)n1. The maximum absolute atomic E-state index is 10.9. The van der Waals surface area contributed by atoms with E-state index >= 15 is 0 Å². The molecule has 1 rings (SSSR count). The van der Waals surface area contributed by atoms with Gasteiger partial charge in [-0.2, -0.15) is 0 Å². The molecule has 3 N–H and O–H groups in total. The molecule has 0 spiro atoms. The molecular formula is C12H20N4O3. The Labute approximate surface area is 112 Å². The normalized spacial score (nSPS) is 13.7. The number of aliphatic hydroxyl groups is 1. The molecule has 0 aromatic carbocycles. The highest BCUT2D eigenvalue weighted by atomic mass is 16.6. The van der Waals surface area contributed by atoms with Crippen LogP contribution in [0.1, 0.15) is 26.7 Å². The van der Waals surface area contributed by atoms with Gasteiger partial charge >= 0.3 is 0 Å². The zero-order valence-corrected chi connectivity index (χ0v) is 11.4. The lowest BCUT2D eigenvalue weighted by molar-refractivity contribution is -0.384. The van der Waals surface area contributed by atoms with E-state index in [9.17, 15) is 10.1 Å². The summed E-state index contributed by atoms with van der Waals surface area (Å²) < 4.78 is 0. The second-order valence-corrected chi connectivity index (χ2v) is 4.62. The largest absolute Gasteiger partial charge is 0.396 e. The predicted molar refractivity (Wildman–Crippen MR) is 74.5 cm³/mol. The molecular weight excluding hydrogens is 248 g/mol. The fraction of sp³-hybridized carbons (Fsp3) is 0.583. The summed E-state index contributed by atoms with van der Waals surface area (Å²) in [4.78, 5) is 14.7. The summed E-state index contributed by atoms with van der Waals surface area (Å²) in [5.41, 5.74) is -0.369. The van der Waals surface area contributed by atoms with Gasteiger partial charge in [-0.25, -0.2) is 4.98 Å². The maximum Gasteiger partial charge on any atom is 0.276 e. The molecule has 1 aromatic rings. The second-order valence-electron chi connectivity index (χ2n) is 4.62. The van der Waals surface area contributed by atoms with Crippen LogP contribution in [0.15, 0.2) is 12.1 Å². The average Bonchev–Trinajstić information content (AvgIpc) is 2.38. The highest BCUT2D eigenvalue weighted by Gasteiger charge is 2.23. The molecule has 1 unspecified atom stereocenters. The van der Waals surface area contributed by atoms with Crippen molar-refractivity contribution in [3.8, 4) is 0 Å². The van der Waals surface area contributed by atoms with Gasteiger partial charge < -0.3 is 15.7 Å². The molecule has 0 aliphatic carbocycles. The van der Waals surface area contributed by atoms with Gasteiger partial charge in [-0.15, -0.1) is 0 Å². The summed E-state index contributed by atoms with van der Waals surface area (Å²) >= 11 is 0. The van der Waals surface area contributed by atoms with Crippen LogP contribution in [0, 0.1) is 10.1 Å². The van der Waals surface area contributed by atoms with E-state index in [0.717, 1.165) is 6.42 Å². The third-order valence-corrected chi connectivity index (χ3v) is 3.15. The summed E-state index contributed by atoms with van der Waals surface area (Å²) in [6.07, 6.45) is 1.32. The molecule has 0 bridgehead atoms. The summed E-state index contributed by atoms with van der Waals surface area (Å²) in [5, 5.41) is 25.9. The highest BCUT2D eigenvalue weighted by molar-refractivity contribution is 5.55. The number of rotatable bonds is 7. The zero-order valence-electron chi connectivity index (χ0n) is 11.4. The third kappa shape index (κ3) is 4.06. The molecule has 1 atom stereocenters. The minimum absolute atomic E-state index is 0.0238. The number of aliphatic hydroxyl groups excluding tert-OH is 1. The van der Waals surface area contributed by atoms with Crippen molar-refractivity contribution < 1.29 is 10.0 Å². The Morgan fingerprint density at radius 1 is 1.47 bits per heavy atom. The van der Waals surface area contributed by atoms with Gasteiger partial charge in [0.15, 0.2) is 0 Å². The first-order valence-electron chi connectivity index (χ1n) is 6.17. The molecule has 0 aliphatic rings. The number of pyridine rings is 1. The van der Waals surface area contributed by atoms with Gasteiger partial charge in [0.25, 0.3) is 5.69 Å². The third-order valence-electron chi connectivity index (χ3n) is 3.15. The summed E-state index contributed by atoms with van der Waals surface area (Å²) in [6, 6.07) is 2.77. The van der Waals surface area contributed by atoms with Crippen molar-refractivity contribution in [2.75, 3.05) is 24.3 Å². The maximum atomic E-state index is 10.9. The lowest BCUT2D eigenvalue weighted by Gasteiger charge is -2.29. The molecule has 0 radical (unpaired) electrons. The molecule has 7 nitrogen and oxygen atoms in total. The first-order valence-corrected chi connectivity index (χ1v) is 6.17. The monoisotopic (exact) mass is 268 g/mol. The predicted octanol–water partition coefficient (Wildman–Crippen LogP) is 1.99. The van der Waals surface area contributed by atoms with Crippen molar-refractivity contribution in [1.29, 1.82) is 0 Å². The van der Waals surface area contributed by atoms with Crippen molar-refractivity contribution in [3.63, 3.8) is 0 Å². The molecule has 0 aliphatic heterocycles. The number of anilines is 2. The van der Waals surface area contributed by atoms with Crippen LogP contribution >= 0.6 is 0 Å². The topological polar surface area (TPSA) is 100 Å². The molecule has 1 aromatic heterocycles. The van der Waals surface area contributed by atoms with E-state index in [2.05, 4.69) is 15.6 Å². The Morgan fingerprint density at radius 3 is 2.58 bits per heavy atom. The average molecular weight is 268 g/mol. The Hall–Kier alpha value is -1.89. The standard InChI is InChI=1S/C12H20N4O3/c1-4-12(2,5-6-17)15-11-8-9(16(18)19)7-10(13-3)14-11/h7-8,17H,4-6H2,1-3H3,(H2,13,14,15). The lowest BCUT2D eigenvalue weighted by atomic mass is 9.95. The van der Waals surface area contributed by atoms with Crippen LogP contribution in [0.25, 0.3) is 0 Å². The number of hydrogen-bond donors (Lipinski definition) is 3. The first kappa shape index (κ1) is 15.2. The minimum atomic E-state index is -0.455. The van der Waals surface area contributed by atoms with Crippen LogP contribution in [-0.4, -0.2) is 34.2 Å². The van der Waals surface area contributed by atoms with Gasteiger partial charge in [0.1, 0.15) is 11.6 Å². The van der Waals surface area contributed by atoms with E-state index < -0.39 is 4.92 Å². The molecule has 0 amide bonds. The van der Waals surface area contributed by atoms with Crippen LogP contribution in [0.4, 0.5) is 17.3 Å². The number of aromatic nitrogens is 1. The van der Waals surface area contributed by atoms with E-state index in [1.165, 1.54) is 12.1 Å². The van der Waals surface area contributed by atoms with Crippen LogP contribution in [-0.2, 0) is 0 Å². The quantitative estimate of drug-likeness (QED) is 0.516. The van der Waals surface area contributed by atoms with Crippen LogP contribution in [0.2, 0.25) is 0 Å². The second kappa shape index (κ2) is 6.33. The molecule has 0 saturated carbocycles. The van der Waals surface area contributed by atoms with Crippen LogP contribution < -0.4 is 10.6 Å². The van der Waals surface area contributed by atoms with Gasteiger partial charge in [0.2, 0.25) is 0 Å². The van der Waals surface area contributed by atoms with E-state index in [1.807, 2.05) is 13.8 Å². The van der Waals surface area contributed by atoms with Crippen molar-refractivity contribution in [2.45, 2.75) is 32.2 Å². The number of nitrogens with zero attached hydrogens (tertiary/aromatic N) is 2. The van der Waals surface area contributed by atoms with E-state index in [-0.39, 0.29) is 17.8 Å². The fourth-order valence-electron chi connectivity index (χ4n) is 1.70. The van der Waals surface area contributed by atoms with Crippen molar-refractivity contribution in [2.24, 2.45) is 0 Å². The Morgan fingerprint density at radius 2 is 2.11 bits per heavy atom. The Bertz CT molecular complexity index is 453. The summed E-state index contributed by atoms with van der Waals surface area (Å²) in [7, 11) is 1.66. The summed E-state index contributed by atoms with van der Waals surface area (Å²) in [6.45, 7) is 3.98. The highest BCUT2D eigenvalue weighted by Crippen LogP contribution is 2.25. The lowest BCUT2D eigenvalue weighted by Crippen LogP contribution is -2.35. The molecule has 0 fully saturated rings. The van der Waals surface area contributed by atoms with Crippen LogP contribution in [0.3, 0.4) is 0 Å². The smallest absolute Gasteiger partial charge is 0.276 e. The van der Waals surface area contributed by atoms with E-state index in [4.69, 9.17) is 5.11 Å².